The Hall–Kier alpha value is -3.36. The summed E-state index contributed by atoms with van der Waals surface area (Å²) in [5.74, 6) is -1.92. The molecule has 0 aliphatic heterocycles. The highest BCUT2D eigenvalue weighted by atomic mass is 16.5. The van der Waals surface area contributed by atoms with Crippen molar-refractivity contribution in [3.05, 3.63) is 36.0 Å². The number of ether oxygens (including phenoxy) is 1. The summed E-state index contributed by atoms with van der Waals surface area (Å²) in [7, 11) is 0. The number of para-hydroxylation sites is 1. The molecule has 1 aromatic carbocycles. The molecule has 144 valence electrons. The number of imide groups is 1. The molecule has 0 bridgehead atoms. The summed E-state index contributed by atoms with van der Waals surface area (Å²) >= 11 is 0. The lowest BCUT2D eigenvalue weighted by atomic mass is 10.0. The van der Waals surface area contributed by atoms with Gasteiger partial charge in [-0.3, -0.25) is 14.9 Å². The van der Waals surface area contributed by atoms with Gasteiger partial charge in [-0.2, -0.15) is 0 Å². The fraction of sp³-hybridized carbons (Fsp3) is 0.333. The Morgan fingerprint density at radius 3 is 2.63 bits per heavy atom. The zero-order valence-electron chi connectivity index (χ0n) is 15.1. The zero-order chi connectivity index (χ0) is 19.8. The van der Waals surface area contributed by atoms with Crippen LogP contribution in [0.3, 0.4) is 0 Å². The van der Waals surface area contributed by atoms with Crippen molar-refractivity contribution < 1.29 is 23.9 Å². The quantitative estimate of drug-likeness (QED) is 0.528. The minimum Gasteiger partial charge on any atom is -0.454 e. The molecule has 0 spiro atoms. The third kappa shape index (κ3) is 5.84. The second-order valence-electron chi connectivity index (χ2n) is 5.83. The molecule has 0 radical (unpaired) electrons. The number of hydrogen-bond acceptors (Lipinski definition) is 5. The molecular weight excluding hydrogens is 352 g/mol. The number of amides is 4. The summed E-state index contributed by atoms with van der Waals surface area (Å²) in [5, 5.41) is 7.87. The number of rotatable bonds is 7. The lowest BCUT2D eigenvalue weighted by Gasteiger charge is -2.16. The summed E-state index contributed by atoms with van der Waals surface area (Å²) < 4.78 is 4.95. The number of benzene rings is 1. The van der Waals surface area contributed by atoms with Crippen LogP contribution in [0.25, 0.3) is 10.9 Å². The van der Waals surface area contributed by atoms with Crippen molar-refractivity contribution in [3.8, 4) is 0 Å². The second kappa shape index (κ2) is 9.37. The minimum atomic E-state index is -0.959. The van der Waals surface area contributed by atoms with Crippen molar-refractivity contribution in [2.24, 2.45) is 0 Å². The third-order valence-corrected chi connectivity index (χ3v) is 3.70. The van der Waals surface area contributed by atoms with Gasteiger partial charge in [0.15, 0.2) is 6.61 Å². The summed E-state index contributed by atoms with van der Waals surface area (Å²) in [5.41, 5.74) is 1.73. The van der Waals surface area contributed by atoms with Crippen molar-refractivity contribution in [2.75, 3.05) is 13.2 Å². The number of aromatic nitrogens is 1. The Balaban J connectivity index is 2.00. The number of fused-ring (bicyclic) bond motifs is 1. The smallest absolute Gasteiger partial charge is 0.329 e. The predicted octanol–water partition coefficient (Wildman–Crippen LogP) is 0.604. The maximum atomic E-state index is 12.3. The van der Waals surface area contributed by atoms with Gasteiger partial charge in [-0.1, -0.05) is 18.2 Å². The number of carbonyl (C=O) groups is 4. The van der Waals surface area contributed by atoms with Gasteiger partial charge in [0.2, 0.25) is 5.91 Å². The van der Waals surface area contributed by atoms with Gasteiger partial charge >= 0.3 is 12.0 Å². The van der Waals surface area contributed by atoms with Gasteiger partial charge in [0.25, 0.3) is 5.91 Å². The molecule has 0 fully saturated rings. The highest BCUT2D eigenvalue weighted by molar-refractivity contribution is 5.96. The van der Waals surface area contributed by atoms with Gasteiger partial charge in [0.05, 0.1) is 0 Å². The molecule has 0 aliphatic rings. The molecular formula is C18H22N4O5. The van der Waals surface area contributed by atoms with E-state index in [1.165, 1.54) is 6.92 Å². The van der Waals surface area contributed by atoms with E-state index in [1.807, 2.05) is 29.6 Å². The molecule has 27 heavy (non-hydrogen) atoms. The minimum absolute atomic E-state index is 0.195. The van der Waals surface area contributed by atoms with Gasteiger partial charge in [0, 0.05) is 37.0 Å². The summed E-state index contributed by atoms with van der Waals surface area (Å²) in [6.07, 6.45) is 1.95. The van der Waals surface area contributed by atoms with Crippen LogP contribution < -0.4 is 16.0 Å². The van der Waals surface area contributed by atoms with Gasteiger partial charge in [-0.05, 0) is 18.6 Å². The second-order valence-corrected chi connectivity index (χ2v) is 5.83. The van der Waals surface area contributed by atoms with E-state index in [9.17, 15) is 19.2 Å². The average molecular weight is 374 g/mol. The Morgan fingerprint density at radius 1 is 1.19 bits per heavy atom. The molecule has 9 nitrogen and oxygen atoms in total. The first kappa shape index (κ1) is 20.0. The number of nitrogens with one attached hydrogen (secondary N) is 4. The van der Waals surface area contributed by atoms with E-state index in [4.69, 9.17) is 4.74 Å². The molecule has 2 rings (SSSR count). The maximum Gasteiger partial charge on any atom is 0.329 e. The first-order valence-corrected chi connectivity index (χ1v) is 8.47. The average Bonchev–Trinajstić information content (AvgIpc) is 3.02. The fourth-order valence-corrected chi connectivity index (χ4v) is 2.56. The Labute approximate surface area is 155 Å². The normalized spacial score (nSPS) is 11.5. The lowest BCUT2D eigenvalue weighted by Crippen LogP contribution is -2.45. The molecule has 0 saturated heterocycles. The monoisotopic (exact) mass is 374 g/mol. The van der Waals surface area contributed by atoms with E-state index < -0.39 is 36.5 Å². The van der Waals surface area contributed by atoms with E-state index in [-0.39, 0.29) is 6.42 Å². The topological polar surface area (TPSA) is 129 Å². The molecule has 1 aromatic heterocycles. The molecule has 0 unspecified atom stereocenters. The predicted molar refractivity (Wildman–Crippen MR) is 97.8 cm³/mol. The Morgan fingerprint density at radius 2 is 1.93 bits per heavy atom. The van der Waals surface area contributed by atoms with Crippen molar-refractivity contribution in [1.82, 2.24) is 20.9 Å². The van der Waals surface area contributed by atoms with Crippen LogP contribution in [0.4, 0.5) is 4.79 Å². The van der Waals surface area contributed by atoms with Crippen LogP contribution >= 0.6 is 0 Å². The molecule has 0 aliphatic carbocycles. The number of urea groups is 1. The number of aromatic amines is 1. The van der Waals surface area contributed by atoms with E-state index >= 15 is 0 Å². The van der Waals surface area contributed by atoms with E-state index in [0.717, 1.165) is 16.5 Å². The number of esters is 1. The highest BCUT2D eigenvalue weighted by Gasteiger charge is 2.24. The molecule has 1 heterocycles. The van der Waals surface area contributed by atoms with Crippen LogP contribution in [0, 0.1) is 0 Å². The summed E-state index contributed by atoms with van der Waals surface area (Å²) in [6, 6.07) is 5.93. The van der Waals surface area contributed by atoms with Gasteiger partial charge in [-0.25, -0.2) is 9.59 Å². The third-order valence-electron chi connectivity index (χ3n) is 3.70. The van der Waals surface area contributed by atoms with Crippen LogP contribution in [0.2, 0.25) is 0 Å². The van der Waals surface area contributed by atoms with Crippen LogP contribution in [0.1, 0.15) is 19.4 Å². The van der Waals surface area contributed by atoms with Crippen LogP contribution in [-0.2, 0) is 25.5 Å². The zero-order valence-corrected chi connectivity index (χ0v) is 15.1. The number of hydrogen-bond donors (Lipinski definition) is 4. The lowest BCUT2D eigenvalue weighted by molar-refractivity contribution is -0.151. The first-order valence-electron chi connectivity index (χ1n) is 8.47. The first-order chi connectivity index (χ1) is 12.9. The van der Waals surface area contributed by atoms with Gasteiger partial charge in [-0.15, -0.1) is 0 Å². The largest absolute Gasteiger partial charge is 0.454 e. The van der Waals surface area contributed by atoms with Crippen molar-refractivity contribution in [2.45, 2.75) is 26.3 Å². The summed E-state index contributed by atoms with van der Waals surface area (Å²) in [6.45, 7) is 2.72. The van der Waals surface area contributed by atoms with Crippen LogP contribution in [-0.4, -0.2) is 48.0 Å². The standard InChI is InChI=1S/C18H22N4O5/c1-3-19-18(26)22-16(24)10-27-17(25)15(21-11(2)23)8-12-9-20-14-7-5-4-6-13(12)14/h4-7,9,15,20H,3,8,10H2,1-2H3,(H,21,23)(H2,19,22,24,26)/t15-/m0/s1. The molecule has 1 atom stereocenters. The number of carbonyl (C=O) groups excluding carboxylic acids is 4. The van der Waals surface area contributed by atoms with Gasteiger partial charge in [0.1, 0.15) is 6.04 Å². The summed E-state index contributed by atoms with van der Waals surface area (Å²) in [4.78, 5) is 49.8. The highest BCUT2D eigenvalue weighted by Crippen LogP contribution is 2.19. The molecule has 9 heteroatoms. The van der Waals surface area contributed by atoms with E-state index in [1.54, 1.807) is 13.1 Å². The molecule has 0 saturated carbocycles. The number of H-pyrrole nitrogens is 1. The Bertz CT molecular complexity index is 845. The maximum absolute atomic E-state index is 12.3. The van der Waals surface area contributed by atoms with Crippen LogP contribution in [0.5, 0.6) is 0 Å². The van der Waals surface area contributed by atoms with E-state index in [2.05, 4.69) is 15.6 Å². The van der Waals surface area contributed by atoms with Crippen molar-refractivity contribution >= 4 is 34.7 Å². The molecule has 2 aromatic rings. The molecule has 4 amide bonds. The van der Waals surface area contributed by atoms with Crippen molar-refractivity contribution in [1.29, 1.82) is 0 Å². The Kier molecular flexibility index (Phi) is 6.93. The molecule has 4 N–H and O–H groups in total. The SMILES string of the molecule is CCNC(=O)NC(=O)COC(=O)[C@H](Cc1c[nH]c2ccccc12)NC(C)=O. The van der Waals surface area contributed by atoms with E-state index in [0.29, 0.717) is 6.54 Å². The van der Waals surface area contributed by atoms with Crippen LogP contribution in [0.15, 0.2) is 30.5 Å². The van der Waals surface area contributed by atoms with Gasteiger partial charge < -0.3 is 20.4 Å². The van der Waals surface area contributed by atoms with Crippen molar-refractivity contribution in [3.63, 3.8) is 0 Å². The fourth-order valence-electron chi connectivity index (χ4n) is 2.56.